The molecular formula is C16H30N4O. The number of rotatable bonds is 6. The van der Waals surface area contributed by atoms with E-state index in [1.807, 2.05) is 4.68 Å². The molecule has 1 atom stereocenters. The fourth-order valence-electron chi connectivity index (χ4n) is 3.68. The molecule has 0 saturated heterocycles. The van der Waals surface area contributed by atoms with Crippen molar-refractivity contribution in [3.05, 3.63) is 11.9 Å². The van der Waals surface area contributed by atoms with Gasteiger partial charge in [0.05, 0.1) is 25.0 Å². The average Bonchev–Trinajstić information content (AvgIpc) is 2.91. The van der Waals surface area contributed by atoms with Gasteiger partial charge >= 0.3 is 0 Å². The summed E-state index contributed by atoms with van der Waals surface area (Å²) in [6.45, 7) is 7.59. The van der Waals surface area contributed by atoms with Crippen LogP contribution in [0.25, 0.3) is 0 Å². The second kappa shape index (κ2) is 7.27. The van der Waals surface area contributed by atoms with E-state index in [4.69, 9.17) is 10.6 Å². The molecule has 1 aromatic heterocycles. The lowest BCUT2D eigenvalue weighted by atomic mass is 9.74. The van der Waals surface area contributed by atoms with Gasteiger partial charge in [0.2, 0.25) is 0 Å². The van der Waals surface area contributed by atoms with Gasteiger partial charge in [-0.2, -0.15) is 5.10 Å². The molecule has 120 valence electrons. The van der Waals surface area contributed by atoms with E-state index in [0.29, 0.717) is 5.92 Å². The lowest BCUT2D eigenvalue weighted by Gasteiger charge is -2.35. The van der Waals surface area contributed by atoms with E-state index in [2.05, 4.69) is 31.3 Å². The first-order chi connectivity index (χ1) is 10.1. The summed E-state index contributed by atoms with van der Waals surface area (Å²) in [6, 6.07) is 0.121. The van der Waals surface area contributed by atoms with Crippen LogP contribution < -0.4 is 16.0 Å². The molecule has 0 amide bonds. The van der Waals surface area contributed by atoms with Gasteiger partial charge in [0.25, 0.3) is 0 Å². The van der Waals surface area contributed by atoms with Crippen molar-refractivity contribution >= 4 is 0 Å². The Balaban J connectivity index is 2.15. The molecule has 2 rings (SSSR count). The second-order valence-corrected chi connectivity index (χ2v) is 6.48. The lowest BCUT2D eigenvalue weighted by Crippen LogP contribution is -2.37. The van der Waals surface area contributed by atoms with Crippen LogP contribution in [0.5, 0.6) is 5.75 Å². The number of nitrogens with two attached hydrogens (primary N) is 1. The molecule has 1 saturated carbocycles. The van der Waals surface area contributed by atoms with Crippen molar-refractivity contribution in [2.24, 2.45) is 23.6 Å². The Labute approximate surface area is 128 Å². The average molecular weight is 294 g/mol. The normalized spacial score (nSPS) is 24.3. The largest absolute Gasteiger partial charge is 0.493 e. The standard InChI is InChI=1S/C16H30N4O/c1-5-20-16(14(21-4)10-18-20)15(19-17)13-8-6-12(7-9-13)11(2)3/h10-13,15,19H,5-9,17H2,1-4H3. The zero-order chi connectivity index (χ0) is 15.4. The number of aryl methyl sites for hydroxylation is 1. The fraction of sp³-hybridized carbons (Fsp3) is 0.812. The molecule has 0 radical (unpaired) electrons. The maximum Gasteiger partial charge on any atom is 0.161 e. The van der Waals surface area contributed by atoms with Crippen LogP contribution in [-0.2, 0) is 6.54 Å². The number of hydrogen-bond donors (Lipinski definition) is 2. The van der Waals surface area contributed by atoms with Gasteiger partial charge in [-0.15, -0.1) is 0 Å². The highest BCUT2D eigenvalue weighted by Gasteiger charge is 2.32. The molecule has 5 nitrogen and oxygen atoms in total. The van der Waals surface area contributed by atoms with Crippen LogP contribution in [0.3, 0.4) is 0 Å². The highest BCUT2D eigenvalue weighted by molar-refractivity contribution is 5.29. The van der Waals surface area contributed by atoms with Crippen LogP contribution in [0, 0.1) is 17.8 Å². The second-order valence-electron chi connectivity index (χ2n) is 6.48. The Hall–Kier alpha value is -1.07. The number of ether oxygens (including phenoxy) is 1. The van der Waals surface area contributed by atoms with E-state index >= 15 is 0 Å². The quantitative estimate of drug-likeness (QED) is 0.625. The topological polar surface area (TPSA) is 65.1 Å². The van der Waals surface area contributed by atoms with Crippen molar-refractivity contribution in [3.63, 3.8) is 0 Å². The van der Waals surface area contributed by atoms with Crippen LogP contribution in [0.2, 0.25) is 0 Å². The summed E-state index contributed by atoms with van der Waals surface area (Å²) in [7, 11) is 1.70. The van der Waals surface area contributed by atoms with Crippen LogP contribution in [0.1, 0.15) is 58.2 Å². The van der Waals surface area contributed by atoms with Gasteiger partial charge in [0.1, 0.15) is 0 Å². The van der Waals surface area contributed by atoms with E-state index in [9.17, 15) is 0 Å². The Morgan fingerprint density at radius 2 is 1.95 bits per heavy atom. The first-order valence-electron chi connectivity index (χ1n) is 8.18. The van der Waals surface area contributed by atoms with Crippen LogP contribution in [0.15, 0.2) is 6.20 Å². The first-order valence-corrected chi connectivity index (χ1v) is 8.18. The molecule has 1 aliphatic rings. The van der Waals surface area contributed by atoms with Gasteiger partial charge in [-0.05, 0) is 50.4 Å². The van der Waals surface area contributed by atoms with E-state index in [1.54, 1.807) is 13.3 Å². The predicted octanol–water partition coefficient (Wildman–Crippen LogP) is 2.88. The molecule has 1 fully saturated rings. The smallest absolute Gasteiger partial charge is 0.161 e. The van der Waals surface area contributed by atoms with Crippen LogP contribution in [0.4, 0.5) is 0 Å². The lowest BCUT2D eigenvalue weighted by molar-refractivity contribution is 0.183. The van der Waals surface area contributed by atoms with E-state index < -0.39 is 0 Å². The molecular weight excluding hydrogens is 264 g/mol. The summed E-state index contributed by atoms with van der Waals surface area (Å²) in [5, 5.41) is 4.41. The molecule has 0 spiro atoms. The maximum absolute atomic E-state index is 5.89. The van der Waals surface area contributed by atoms with Gasteiger partial charge in [-0.3, -0.25) is 16.0 Å². The van der Waals surface area contributed by atoms with Crippen LogP contribution >= 0.6 is 0 Å². The summed E-state index contributed by atoms with van der Waals surface area (Å²) < 4.78 is 7.48. The highest BCUT2D eigenvalue weighted by Crippen LogP contribution is 2.41. The minimum absolute atomic E-state index is 0.121. The molecule has 5 heteroatoms. The summed E-state index contributed by atoms with van der Waals surface area (Å²) >= 11 is 0. The van der Waals surface area contributed by atoms with Crippen molar-refractivity contribution in [2.45, 2.75) is 59.0 Å². The van der Waals surface area contributed by atoms with Crippen molar-refractivity contribution in [3.8, 4) is 5.75 Å². The van der Waals surface area contributed by atoms with Gasteiger partial charge < -0.3 is 4.74 Å². The molecule has 0 aromatic carbocycles. The molecule has 1 heterocycles. The third-order valence-corrected chi connectivity index (χ3v) is 5.07. The monoisotopic (exact) mass is 294 g/mol. The van der Waals surface area contributed by atoms with Gasteiger partial charge in [0, 0.05) is 6.54 Å². The fourth-order valence-corrected chi connectivity index (χ4v) is 3.68. The summed E-state index contributed by atoms with van der Waals surface area (Å²) in [5.74, 6) is 8.93. The summed E-state index contributed by atoms with van der Waals surface area (Å²) in [6.07, 6.45) is 6.82. The predicted molar refractivity (Wildman–Crippen MR) is 84.8 cm³/mol. The number of aromatic nitrogens is 2. The Kier molecular flexibility index (Phi) is 5.65. The number of nitrogens with zero attached hydrogens (tertiary/aromatic N) is 2. The molecule has 1 aliphatic carbocycles. The number of hydrogen-bond acceptors (Lipinski definition) is 4. The summed E-state index contributed by atoms with van der Waals surface area (Å²) in [5.41, 5.74) is 4.12. The minimum Gasteiger partial charge on any atom is -0.493 e. The number of nitrogens with one attached hydrogen (secondary N) is 1. The molecule has 21 heavy (non-hydrogen) atoms. The highest BCUT2D eigenvalue weighted by atomic mass is 16.5. The molecule has 0 bridgehead atoms. The van der Waals surface area contributed by atoms with Crippen molar-refractivity contribution in [1.29, 1.82) is 0 Å². The van der Waals surface area contributed by atoms with Gasteiger partial charge in [-0.25, -0.2) is 0 Å². The zero-order valence-corrected chi connectivity index (χ0v) is 13.8. The molecule has 1 aromatic rings. The Bertz CT molecular complexity index is 414. The maximum atomic E-state index is 5.89. The third kappa shape index (κ3) is 3.40. The number of methoxy groups -OCH3 is 1. The first kappa shape index (κ1) is 16.3. The van der Waals surface area contributed by atoms with E-state index in [0.717, 1.165) is 29.8 Å². The molecule has 0 aliphatic heterocycles. The van der Waals surface area contributed by atoms with Crippen LogP contribution in [-0.4, -0.2) is 16.9 Å². The SMILES string of the molecule is CCn1ncc(OC)c1C(NN)C1CCC(C(C)C)CC1. The van der Waals surface area contributed by atoms with E-state index in [1.165, 1.54) is 25.7 Å². The molecule has 3 N–H and O–H groups in total. The summed E-state index contributed by atoms with van der Waals surface area (Å²) in [4.78, 5) is 0. The Morgan fingerprint density at radius 3 is 2.43 bits per heavy atom. The van der Waals surface area contributed by atoms with Gasteiger partial charge in [0.15, 0.2) is 5.75 Å². The number of hydrazine groups is 1. The van der Waals surface area contributed by atoms with Gasteiger partial charge in [-0.1, -0.05) is 13.8 Å². The minimum atomic E-state index is 0.121. The Morgan fingerprint density at radius 1 is 1.33 bits per heavy atom. The zero-order valence-electron chi connectivity index (χ0n) is 13.8. The van der Waals surface area contributed by atoms with Crippen molar-refractivity contribution in [2.75, 3.05) is 7.11 Å². The van der Waals surface area contributed by atoms with Crippen molar-refractivity contribution < 1.29 is 4.74 Å². The van der Waals surface area contributed by atoms with Crippen molar-refractivity contribution in [1.82, 2.24) is 15.2 Å². The van der Waals surface area contributed by atoms with E-state index in [-0.39, 0.29) is 6.04 Å². The third-order valence-electron chi connectivity index (χ3n) is 5.07. The molecule has 1 unspecified atom stereocenters.